The number of ether oxygens (including phenoxy) is 1. The lowest BCUT2D eigenvalue weighted by Gasteiger charge is -2.15. The average molecular weight is 437 g/mol. The maximum absolute atomic E-state index is 5.93. The summed E-state index contributed by atoms with van der Waals surface area (Å²) in [5.74, 6) is 0. The average Bonchev–Trinajstić information content (AvgIpc) is 3.49. The van der Waals surface area contributed by atoms with Crippen LogP contribution in [0.15, 0.2) is 55.4 Å². The molecule has 0 N–H and O–H groups in total. The molecule has 0 radical (unpaired) electrons. The molecule has 0 saturated carbocycles. The molecule has 0 aliphatic heterocycles. The molecule has 0 aliphatic rings. The highest BCUT2D eigenvalue weighted by molar-refractivity contribution is 6.76. The Kier molecular flexibility index (Phi) is 6.38. The van der Waals surface area contributed by atoms with Crippen molar-refractivity contribution in [2.24, 2.45) is 0 Å². The SMILES string of the molecule is CC(CCn1cccn1)n1cc(-c2ccnc3c2ccn3COCC[Si](C)(C)C)cn1. The van der Waals surface area contributed by atoms with E-state index < -0.39 is 8.07 Å². The number of aromatic nitrogens is 6. The van der Waals surface area contributed by atoms with Crippen molar-refractivity contribution in [3.05, 3.63) is 55.4 Å². The molecular formula is C23H32N6OSi. The zero-order valence-electron chi connectivity index (χ0n) is 18.9. The zero-order valence-corrected chi connectivity index (χ0v) is 19.9. The van der Waals surface area contributed by atoms with Crippen LogP contribution in [0.5, 0.6) is 0 Å². The fourth-order valence-electron chi connectivity index (χ4n) is 3.59. The molecule has 8 heteroatoms. The summed E-state index contributed by atoms with van der Waals surface area (Å²) < 4.78 is 12.0. The van der Waals surface area contributed by atoms with Crippen LogP contribution in [0.25, 0.3) is 22.2 Å². The summed E-state index contributed by atoms with van der Waals surface area (Å²) >= 11 is 0. The van der Waals surface area contributed by atoms with Crippen molar-refractivity contribution in [3.8, 4) is 11.1 Å². The third-order valence-corrected chi connectivity index (χ3v) is 7.29. The summed E-state index contributed by atoms with van der Waals surface area (Å²) in [5, 5.41) is 10.0. The van der Waals surface area contributed by atoms with Crippen LogP contribution < -0.4 is 0 Å². The Morgan fingerprint density at radius 1 is 1.10 bits per heavy atom. The first-order chi connectivity index (χ1) is 14.9. The molecule has 0 aliphatic carbocycles. The molecule has 0 amide bonds. The summed E-state index contributed by atoms with van der Waals surface area (Å²) in [6.07, 6.45) is 12.8. The van der Waals surface area contributed by atoms with Crippen molar-refractivity contribution >= 4 is 19.1 Å². The monoisotopic (exact) mass is 436 g/mol. The third kappa shape index (κ3) is 5.32. The van der Waals surface area contributed by atoms with Gasteiger partial charge < -0.3 is 9.30 Å². The number of hydrogen-bond acceptors (Lipinski definition) is 4. The van der Waals surface area contributed by atoms with Crippen molar-refractivity contribution in [1.29, 1.82) is 0 Å². The molecule has 1 unspecified atom stereocenters. The minimum absolute atomic E-state index is 0.291. The molecule has 164 valence electrons. The first kappa shape index (κ1) is 21.5. The van der Waals surface area contributed by atoms with Crippen LogP contribution in [0.4, 0.5) is 0 Å². The fraction of sp³-hybridized carbons (Fsp3) is 0.435. The number of fused-ring (bicyclic) bond motifs is 1. The molecule has 4 aromatic heterocycles. The lowest BCUT2D eigenvalue weighted by Crippen LogP contribution is -2.22. The zero-order chi connectivity index (χ0) is 21.8. The van der Waals surface area contributed by atoms with Crippen LogP contribution in [0.1, 0.15) is 19.4 Å². The van der Waals surface area contributed by atoms with E-state index in [1.54, 1.807) is 0 Å². The van der Waals surface area contributed by atoms with E-state index in [0.717, 1.165) is 41.7 Å². The third-order valence-electron chi connectivity index (χ3n) is 5.59. The second-order valence-electron chi connectivity index (χ2n) is 9.35. The normalized spacial score (nSPS) is 13.2. The van der Waals surface area contributed by atoms with Gasteiger partial charge in [0.2, 0.25) is 0 Å². The molecule has 0 spiro atoms. The van der Waals surface area contributed by atoms with Crippen LogP contribution in [0, 0.1) is 0 Å². The van der Waals surface area contributed by atoms with Gasteiger partial charge >= 0.3 is 0 Å². The van der Waals surface area contributed by atoms with Crippen LogP contribution in [0.3, 0.4) is 0 Å². The van der Waals surface area contributed by atoms with E-state index in [2.05, 4.69) is 70.8 Å². The van der Waals surface area contributed by atoms with Gasteiger partial charge in [-0.15, -0.1) is 0 Å². The maximum Gasteiger partial charge on any atom is 0.142 e. The summed E-state index contributed by atoms with van der Waals surface area (Å²) in [4.78, 5) is 4.61. The molecule has 7 nitrogen and oxygen atoms in total. The molecule has 0 fully saturated rings. The first-order valence-corrected chi connectivity index (χ1v) is 14.6. The van der Waals surface area contributed by atoms with Crippen LogP contribution in [-0.2, 0) is 18.0 Å². The van der Waals surface area contributed by atoms with Gasteiger partial charge in [0.15, 0.2) is 0 Å². The van der Waals surface area contributed by atoms with Gasteiger partial charge in [-0.25, -0.2) is 4.98 Å². The maximum atomic E-state index is 5.93. The minimum Gasteiger partial charge on any atom is -0.361 e. The number of hydrogen-bond donors (Lipinski definition) is 0. The quantitative estimate of drug-likeness (QED) is 0.257. The number of nitrogens with zero attached hydrogens (tertiary/aromatic N) is 6. The van der Waals surface area contributed by atoms with Crippen molar-refractivity contribution < 1.29 is 4.74 Å². The van der Waals surface area contributed by atoms with E-state index in [-0.39, 0.29) is 0 Å². The number of aryl methyl sites for hydroxylation is 1. The Bertz CT molecular complexity index is 1110. The highest BCUT2D eigenvalue weighted by Crippen LogP contribution is 2.29. The number of rotatable bonds is 10. The Hall–Kier alpha value is -2.71. The molecule has 0 saturated heterocycles. The van der Waals surface area contributed by atoms with Crippen LogP contribution in [0.2, 0.25) is 25.7 Å². The molecule has 1 atom stereocenters. The summed E-state index contributed by atoms with van der Waals surface area (Å²) in [6.45, 7) is 11.5. The lowest BCUT2D eigenvalue weighted by atomic mass is 10.1. The van der Waals surface area contributed by atoms with Gasteiger partial charge in [-0.1, -0.05) is 19.6 Å². The van der Waals surface area contributed by atoms with Gasteiger partial charge in [-0.05, 0) is 43.2 Å². The van der Waals surface area contributed by atoms with Gasteiger partial charge in [0.05, 0.1) is 12.2 Å². The van der Waals surface area contributed by atoms with E-state index in [1.807, 2.05) is 40.2 Å². The highest BCUT2D eigenvalue weighted by atomic mass is 28.3. The lowest BCUT2D eigenvalue weighted by molar-refractivity contribution is 0.0899. The molecule has 0 bridgehead atoms. The Labute approximate surface area is 184 Å². The molecule has 31 heavy (non-hydrogen) atoms. The molecule has 0 aromatic carbocycles. The van der Waals surface area contributed by atoms with Gasteiger partial charge in [-0.3, -0.25) is 9.36 Å². The minimum atomic E-state index is -1.08. The van der Waals surface area contributed by atoms with E-state index in [9.17, 15) is 0 Å². The second-order valence-corrected chi connectivity index (χ2v) is 15.0. The van der Waals surface area contributed by atoms with Gasteiger partial charge in [0.25, 0.3) is 0 Å². The molecular weight excluding hydrogens is 404 g/mol. The van der Waals surface area contributed by atoms with E-state index >= 15 is 0 Å². The largest absolute Gasteiger partial charge is 0.361 e. The summed E-state index contributed by atoms with van der Waals surface area (Å²) in [7, 11) is -1.08. The summed E-state index contributed by atoms with van der Waals surface area (Å²) in [5.41, 5.74) is 3.21. The standard InChI is InChI=1S/C23H32N6OSi/c1-19(7-13-28-11-5-9-25-28)29-17-20(16-26-29)21-6-10-24-23-22(21)8-12-27(23)18-30-14-15-31(2,3)4/h5-6,8-12,16-17,19H,7,13-15,18H2,1-4H3. The predicted molar refractivity (Wildman–Crippen MR) is 127 cm³/mol. The topological polar surface area (TPSA) is 62.7 Å². The Balaban J connectivity index is 1.45. The van der Waals surface area contributed by atoms with Crippen molar-refractivity contribution in [3.63, 3.8) is 0 Å². The number of pyridine rings is 1. The first-order valence-electron chi connectivity index (χ1n) is 10.9. The molecule has 4 heterocycles. The summed E-state index contributed by atoms with van der Waals surface area (Å²) in [6, 6.07) is 7.60. The van der Waals surface area contributed by atoms with Crippen LogP contribution in [-0.4, -0.2) is 43.8 Å². The van der Waals surface area contributed by atoms with Crippen LogP contribution >= 0.6 is 0 Å². The predicted octanol–water partition coefficient (Wildman–Crippen LogP) is 5.06. The van der Waals surface area contributed by atoms with E-state index in [0.29, 0.717) is 12.8 Å². The molecule has 4 rings (SSSR count). The fourth-order valence-corrected chi connectivity index (χ4v) is 4.35. The highest BCUT2D eigenvalue weighted by Gasteiger charge is 2.14. The second kappa shape index (κ2) is 9.19. The smallest absolute Gasteiger partial charge is 0.142 e. The Morgan fingerprint density at radius 3 is 2.74 bits per heavy atom. The van der Waals surface area contributed by atoms with Gasteiger partial charge in [0.1, 0.15) is 12.4 Å². The van der Waals surface area contributed by atoms with E-state index in [1.165, 1.54) is 6.04 Å². The van der Waals surface area contributed by atoms with Gasteiger partial charge in [-0.2, -0.15) is 10.2 Å². The van der Waals surface area contributed by atoms with Crippen molar-refractivity contribution in [1.82, 2.24) is 29.1 Å². The molecule has 4 aromatic rings. The van der Waals surface area contributed by atoms with Crippen molar-refractivity contribution in [2.75, 3.05) is 6.61 Å². The van der Waals surface area contributed by atoms with E-state index in [4.69, 9.17) is 4.74 Å². The van der Waals surface area contributed by atoms with Gasteiger partial charge in [0, 0.05) is 63.2 Å². The Morgan fingerprint density at radius 2 is 1.97 bits per heavy atom. The van der Waals surface area contributed by atoms with Crippen molar-refractivity contribution in [2.45, 2.75) is 58.3 Å².